The number of halogens is 1. The van der Waals surface area contributed by atoms with E-state index in [1.54, 1.807) is 36.5 Å². The number of nitrogens with zero attached hydrogens (tertiary/aromatic N) is 3. The molecule has 124 valence electrons. The first-order valence-corrected chi connectivity index (χ1v) is 7.44. The fourth-order valence-electron chi connectivity index (χ4n) is 2.33. The summed E-state index contributed by atoms with van der Waals surface area (Å²) >= 11 is 0. The van der Waals surface area contributed by atoms with Crippen LogP contribution in [-0.2, 0) is 17.9 Å². The van der Waals surface area contributed by atoms with Crippen LogP contribution >= 0.6 is 0 Å². The molecule has 0 saturated carbocycles. The molecule has 0 fully saturated rings. The van der Waals surface area contributed by atoms with Crippen molar-refractivity contribution in [1.29, 1.82) is 0 Å². The van der Waals surface area contributed by atoms with Gasteiger partial charge in [0.1, 0.15) is 12.1 Å². The highest BCUT2D eigenvalue weighted by Gasteiger charge is 2.10. The number of rotatable bonds is 6. The number of aliphatic hydroxyl groups excluding tert-OH is 1. The highest BCUT2D eigenvalue weighted by molar-refractivity contribution is 5.72. The van der Waals surface area contributed by atoms with Crippen LogP contribution < -0.4 is 5.56 Å². The van der Waals surface area contributed by atoms with Gasteiger partial charge in [0.25, 0.3) is 5.56 Å². The Labute approximate surface area is 137 Å². The Morgan fingerprint density at radius 2 is 2.04 bits per heavy atom. The van der Waals surface area contributed by atoms with Crippen LogP contribution in [0.25, 0.3) is 11.0 Å². The van der Waals surface area contributed by atoms with E-state index in [-0.39, 0.29) is 31.1 Å². The summed E-state index contributed by atoms with van der Waals surface area (Å²) in [5, 5.41) is 10.4. The molecule has 0 bridgehead atoms. The molecule has 24 heavy (non-hydrogen) atoms. The number of aliphatic hydroxyl groups is 1. The Bertz CT molecular complexity index is 897. The normalized spacial score (nSPS) is 12.4. The van der Waals surface area contributed by atoms with Crippen molar-refractivity contribution in [3.8, 4) is 0 Å². The Morgan fingerprint density at radius 1 is 1.21 bits per heavy atom. The lowest BCUT2D eigenvalue weighted by Crippen LogP contribution is -2.29. The molecule has 0 amide bonds. The molecule has 3 rings (SSSR count). The zero-order chi connectivity index (χ0) is 16.9. The molecule has 2 heterocycles. The van der Waals surface area contributed by atoms with E-state index in [2.05, 4.69) is 9.97 Å². The van der Waals surface area contributed by atoms with Crippen molar-refractivity contribution in [2.75, 3.05) is 6.61 Å². The van der Waals surface area contributed by atoms with Crippen LogP contribution in [0.2, 0.25) is 0 Å². The molecule has 1 atom stereocenters. The third kappa shape index (κ3) is 3.64. The molecule has 0 aliphatic heterocycles. The van der Waals surface area contributed by atoms with Gasteiger partial charge < -0.3 is 9.84 Å². The van der Waals surface area contributed by atoms with E-state index in [1.807, 2.05) is 0 Å². The van der Waals surface area contributed by atoms with E-state index in [0.717, 1.165) is 0 Å². The van der Waals surface area contributed by atoms with E-state index in [1.165, 1.54) is 17.0 Å². The summed E-state index contributed by atoms with van der Waals surface area (Å²) in [6.45, 7) is 0.0678. The number of fused-ring (bicyclic) bond motifs is 1. The summed E-state index contributed by atoms with van der Waals surface area (Å²) in [6, 6.07) is 9.57. The monoisotopic (exact) mass is 329 g/mol. The van der Waals surface area contributed by atoms with E-state index in [0.29, 0.717) is 16.6 Å². The zero-order valence-electron chi connectivity index (χ0n) is 12.8. The third-order valence-corrected chi connectivity index (χ3v) is 3.53. The molecule has 0 spiro atoms. The molecule has 6 nitrogen and oxygen atoms in total. The van der Waals surface area contributed by atoms with Crippen LogP contribution in [0.5, 0.6) is 0 Å². The first kappa shape index (κ1) is 16.2. The Hall–Kier alpha value is -2.64. The number of hydrogen-bond acceptors (Lipinski definition) is 5. The second kappa shape index (κ2) is 7.29. The molecular formula is C17H16FN3O3. The van der Waals surface area contributed by atoms with Crippen LogP contribution in [0.3, 0.4) is 0 Å². The maximum Gasteiger partial charge on any atom is 0.262 e. The number of hydrogen-bond donors (Lipinski definition) is 1. The van der Waals surface area contributed by atoms with E-state index in [9.17, 15) is 14.3 Å². The van der Waals surface area contributed by atoms with Gasteiger partial charge in [-0.25, -0.2) is 14.4 Å². The van der Waals surface area contributed by atoms with Gasteiger partial charge in [0.05, 0.1) is 31.2 Å². The van der Waals surface area contributed by atoms with E-state index >= 15 is 0 Å². The average Bonchev–Trinajstić information content (AvgIpc) is 2.59. The number of aromatic nitrogens is 3. The van der Waals surface area contributed by atoms with Crippen molar-refractivity contribution in [1.82, 2.24) is 14.5 Å². The van der Waals surface area contributed by atoms with Crippen LogP contribution in [-0.4, -0.2) is 32.4 Å². The van der Waals surface area contributed by atoms with Gasteiger partial charge in [0, 0.05) is 11.8 Å². The lowest BCUT2D eigenvalue weighted by atomic mass is 10.2. The highest BCUT2D eigenvalue weighted by atomic mass is 19.1. The predicted molar refractivity (Wildman–Crippen MR) is 85.9 cm³/mol. The summed E-state index contributed by atoms with van der Waals surface area (Å²) in [5.74, 6) is -0.352. The van der Waals surface area contributed by atoms with E-state index in [4.69, 9.17) is 4.74 Å². The molecule has 1 unspecified atom stereocenters. The number of pyridine rings is 1. The van der Waals surface area contributed by atoms with Gasteiger partial charge in [-0.15, -0.1) is 0 Å². The van der Waals surface area contributed by atoms with Crippen molar-refractivity contribution in [3.63, 3.8) is 0 Å². The quantitative estimate of drug-likeness (QED) is 0.742. The molecule has 0 saturated heterocycles. The Balaban J connectivity index is 1.61. The maximum absolute atomic E-state index is 13.5. The van der Waals surface area contributed by atoms with Crippen molar-refractivity contribution in [3.05, 3.63) is 70.7 Å². The van der Waals surface area contributed by atoms with Gasteiger partial charge in [0.15, 0.2) is 5.65 Å². The van der Waals surface area contributed by atoms with Gasteiger partial charge in [0.2, 0.25) is 0 Å². The van der Waals surface area contributed by atoms with Crippen LogP contribution in [0.4, 0.5) is 4.39 Å². The van der Waals surface area contributed by atoms with Gasteiger partial charge in [-0.1, -0.05) is 18.2 Å². The molecule has 0 radical (unpaired) electrons. The largest absolute Gasteiger partial charge is 0.389 e. The molecule has 0 aliphatic rings. The fourth-order valence-corrected chi connectivity index (χ4v) is 2.33. The SMILES string of the molecule is O=c1c2cccnc2ncn1CC(O)COCc1ccccc1F. The minimum Gasteiger partial charge on any atom is -0.389 e. The predicted octanol–water partition coefficient (Wildman–Crippen LogP) is 1.51. The Morgan fingerprint density at radius 3 is 2.88 bits per heavy atom. The minimum absolute atomic E-state index is 0.0220. The topological polar surface area (TPSA) is 77.2 Å². The number of ether oxygens (including phenoxy) is 1. The van der Waals surface area contributed by atoms with E-state index < -0.39 is 6.10 Å². The summed E-state index contributed by atoms with van der Waals surface area (Å²) < 4.78 is 20.1. The molecule has 1 aromatic carbocycles. The first-order chi connectivity index (χ1) is 11.6. The molecule has 1 N–H and O–H groups in total. The lowest BCUT2D eigenvalue weighted by molar-refractivity contribution is 0.0189. The summed E-state index contributed by atoms with van der Waals surface area (Å²) in [5.41, 5.74) is 0.505. The van der Waals surface area contributed by atoms with Gasteiger partial charge in [-0.2, -0.15) is 0 Å². The maximum atomic E-state index is 13.5. The van der Waals surface area contributed by atoms with Gasteiger partial charge in [-0.3, -0.25) is 9.36 Å². The summed E-state index contributed by atoms with van der Waals surface area (Å²) in [7, 11) is 0. The first-order valence-electron chi connectivity index (χ1n) is 7.44. The standard InChI is InChI=1S/C17H16FN3O3/c18-15-6-2-1-4-12(15)9-24-10-13(22)8-21-11-20-16-14(17(21)23)5-3-7-19-16/h1-7,11,13,22H,8-10H2. The zero-order valence-corrected chi connectivity index (χ0v) is 12.8. The minimum atomic E-state index is -0.912. The second-order valence-electron chi connectivity index (χ2n) is 5.34. The number of benzene rings is 1. The third-order valence-electron chi connectivity index (χ3n) is 3.53. The molecule has 2 aromatic heterocycles. The van der Waals surface area contributed by atoms with Crippen LogP contribution in [0.1, 0.15) is 5.56 Å². The van der Waals surface area contributed by atoms with Crippen molar-refractivity contribution < 1.29 is 14.2 Å². The van der Waals surface area contributed by atoms with Crippen molar-refractivity contribution >= 4 is 11.0 Å². The van der Waals surface area contributed by atoms with Crippen LogP contribution in [0.15, 0.2) is 53.7 Å². The Kier molecular flexibility index (Phi) is 4.93. The molecular weight excluding hydrogens is 313 g/mol. The average molecular weight is 329 g/mol. The summed E-state index contributed by atoms with van der Waals surface area (Å²) in [6.07, 6.45) is 1.99. The van der Waals surface area contributed by atoms with Crippen molar-refractivity contribution in [2.24, 2.45) is 0 Å². The fraction of sp³-hybridized carbons (Fsp3) is 0.235. The lowest BCUT2D eigenvalue weighted by Gasteiger charge is -2.13. The smallest absolute Gasteiger partial charge is 0.262 e. The molecule has 3 aromatic rings. The van der Waals surface area contributed by atoms with Gasteiger partial charge >= 0.3 is 0 Å². The van der Waals surface area contributed by atoms with Crippen LogP contribution in [0, 0.1) is 5.82 Å². The molecule has 7 heteroatoms. The second-order valence-corrected chi connectivity index (χ2v) is 5.34. The van der Waals surface area contributed by atoms with Crippen molar-refractivity contribution in [2.45, 2.75) is 19.3 Å². The van der Waals surface area contributed by atoms with Gasteiger partial charge in [-0.05, 0) is 18.2 Å². The highest BCUT2D eigenvalue weighted by Crippen LogP contribution is 2.08. The summed E-state index contributed by atoms with van der Waals surface area (Å²) in [4.78, 5) is 20.4. The molecule has 0 aliphatic carbocycles.